The van der Waals surface area contributed by atoms with Crippen LogP contribution in [-0.2, 0) is 22.6 Å². The Morgan fingerprint density at radius 3 is 2.67 bits per heavy atom. The number of nitrogens with one attached hydrogen (secondary N) is 1. The fourth-order valence-corrected chi connectivity index (χ4v) is 3.92. The molecule has 1 aliphatic rings. The van der Waals surface area contributed by atoms with Gasteiger partial charge < -0.3 is 20.5 Å². The number of carbonyl (C=O) groups is 3. The van der Waals surface area contributed by atoms with Gasteiger partial charge in [-0.15, -0.1) is 0 Å². The summed E-state index contributed by atoms with van der Waals surface area (Å²) in [5, 5.41) is 3.46. The number of hydrogen-bond donors (Lipinski definition) is 2. The number of carbonyl (C=O) groups excluding carboxylic acids is 3. The van der Waals surface area contributed by atoms with Gasteiger partial charge in [0.15, 0.2) is 5.78 Å². The molecule has 27 heavy (non-hydrogen) atoms. The Balaban J connectivity index is 1.97. The van der Waals surface area contributed by atoms with Crippen LogP contribution in [0.2, 0.25) is 0 Å². The van der Waals surface area contributed by atoms with Gasteiger partial charge in [0.05, 0.1) is 5.52 Å². The van der Waals surface area contributed by atoms with Crippen molar-refractivity contribution in [2.45, 2.75) is 45.3 Å². The van der Waals surface area contributed by atoms with Gasteiger partial charge in [0, 0.05) is 36.8 Å². The van der Waals surface area contributed by atoms with Crippen LogP contribution in [0, 0.1) is 0 Å². The van der Waals surface area contributed by atoms with Gasteiger partial charge >= 0.3 is 0 Å². The summed E-state index contributed by atoms with van der Waals surface area (Å²) >= 11 is 0. The van der Waals surface area contributed by atoms with E-state index in [-0.39, 0.29) is 30.2 Å². The van der Waals surface area contributed by atoms with Crippen molar-refractivity contribution in [2.24, 2.45) is 5.73 Å². The van der Waals surface area contributed by atoms with Crippen LogP contribution in [0.4, 0.5) is 0 Å². The van der Waals surface area contributed by atoms with E-state index in [2.05, 4.69) is 5.32 Å². The van der Waals surface area contributed by atoms with Gasteiger partial charge in [-0.25, -0.2) is 0 Å². The number of aromatic nitrogens is 1. The molecule has 144 valence electrons. The number of fused-ring (bicyclic) bond motifs is 1. The first-order valence-electron chi connectivity index (χ1n) is 9.25. The summed E-state index contributed by atoms with van der Waals surface area (Å²) in [6.45, 7) is 4.00. The molecule has 7 heteroatoms. The van der Waals surface area contributed by atoms with E-state index in [1.807, 2.05) is 29.7 Å². The van der Waals surface area contributed by atoms with Gasteiger partial charge in [-0.3, -0.25) is 14.4 Å². The zero-order valence-corrected chi connectivity index (χ0v) is 16.0. The van der Waals surface area contributed by atoms with E-state index >= 15 is 0 Å². The molecule has 0 saturated carbocycles. The van der Waals surface area contributed by atoms with Gasteiger partial charge in [-0.05, 0) is 25.3 Å². The molecule has 3 rings (SSSR count). The summed E-state index contributed by atoms with van der Waals surface area (Å²) < 4.78 is 1.83. The lowest BCUT2D eigenvalue weighted by Crippen LogP contribution is -2.46. The van der Waals surface area contributed by atoms with Gasteiger partial charge in [0.1, 0.15) is 12.6 Å². The van der Waals surface area contributed by atoms with Crippen molar-refractivity contribution in [3.8, 4) is 0 Å². The lowest BCUT2D eigenvalue weighted by Gasteiger charge is -2.23. The highest BCUT2D eigenvalue weighted by molar-refractivity contribution is 6.08. The molecule has 2 atom stereocenters. The molecule has 2 amide bonds. The smallest absolute Gasteiger partial charge is 0.243 e. The Morgan fingerprint density at radius 2 is 2.04 bits per heavy atom. The molecular weight excluding hydrogens is 344 g/mol. The lowest BCUT2D eigenvalue weighted by atomic mass is 10.1. The number of Topliss-reactive ketones (excluding diaryl/α,β-unsaturated/α-hetero) is 1. The maximum Gasteiger partial charge on any atom is 0.243 e. The Labute approximate surface area is 158 Å². The van der Waals surface area contributed by atoms with E-state index in [4.69, 9.17) is 5.73 Å². The van der Waals surface area contributed by atoms with Crippen LogP contribution < -0.4 is 11.1 Å². The largest absolute Gasteiger partial charge is 0.357 e. The minimum Gasteiger partial charge on any atom is -0.357 e. The first-order valence-corrected chi connectivity index (χ1v) is 9.25. The number of rotatable bonds is 5. The number of nitrogens with zero attached hydrogens (tertiary/aromatic N) is 2. The fourth-order valence-electron chi connectivity index (χ4n) is 3.92. The molecule has 2 heterocycles. The number of benzene rings is 1. The summed E-state index contributed by atoms with van der Waals surface area (Å²) in [5.74, 6) is -0.410. The van der Waals surface area contributed by atoms with E-state index < -0.39 is 6.04 Å². The molecule has 0 radical (unpaired) electrons. The normalized spacial score (nSPS) is 19.5. The molecular formula is C20H26N4O3. The van der Waals surface area contributed by atoms with Gasteiger partial charge in [-0.1, -0.05) is 25.1 Å². The standard InChI is InChI=1S/C20H26N4O3/c1-4-13-6-5-7-15-16(12(2)25)10-23(19(13)15)11-18(26)24-9-14(21)8-17(24)20(27)22-3/h5-7,10,14,17H,4,8-9,11,21H2,1-3H3,(H,22,27)/t14-,17+/m1/s1. The molecule has 3 N–H and O–H groups in total. The molecule has 0 spiro atoms. The lowest BCUT2D eigenvalue weighted by molar-refractivity contribution is -0.138. The third-order valence-electron chi connectivity index (χ3n) is 5.25. The summed E-state index contributed by atoms with van der Waals surface area (Å²) in [6.07, 6.45) is 2.99. The number of para-hydroxylation sites is 1. The molecule has 2 aromatic rings. The van der Waals surface area contributed by atoms with E-state index in [9.17, 15) is 14.4 Å². The molecule has 0 unspecified atom stereocenters. The molecule has 1 aromatic carbocycles. The minimum absolute atomic E-state index is 0.0362. The second kappa shape index (κ2) is 7.52. The number of nitrogens with two attached hydrogens (primary N) is 1. The maximum absolute atomic E-state index is 13.0. The zero-order chi connectivity index (χ0) is 19.7. The van der Waals surface area contributed by atoms with Crippen LogP contribution in [0.1, 0.15) is 36.2 Å². The van der Waals surface area contributed by atoms with E-state index in [1.54, 1.807) is 18.1 Å². The number of likely N-dealkylation sites (N-methyl/N-ethyl adjacent to an activating group) is 1. The Morgan fingerprint density at radius 1 is 1.30 bits per heavy atom. The fraction of sp³-hybridized carbons (Fsp3) is 0.450. The molecule has 0 aliphatic carbocycles. The van der Waals surface area contributed by atoms with E-state index in [0.717, 1.165) is 22.9 Å². The maximum atomic E-state index is 13.0. The molecule has 1 aliphatic heterocycles. The van der Waals surface area contributed by atoms with Gasteiger partial charge in [-0.2, -0.15) is 0 Å². The Hall–Kier alpha value is -2.67. The number of hydrogen-bond acceptors (Lipinski definition) is 4. The monoisotopic (exact) mass is 370 g/mol. The van der Waals surface area contributed by atoms with Crippen molar-refractivity contribution in [1.29, 1.82) is 0 Å². The molecule has 1 saturated heterocycles. The number of ketones is 1. The van der Waals surface area contributed by atoms with Gasteiger partial charge in [0.2, 0.25) is 11.8 Å². The number of likely N-dealkylation sites (tertiary alicyclic amines) is 1. The molecule has 0 bridgehead atoms. The SMILES string of the molecule is CCc1cccc2c(C(C)=O)cn(CC(=O)N3C[C@H](N)C[C@H]3C(=O)NC)c12. The summed E-state index contributed by atoms with van der Waals surface area (Å²) in [5.41, 5.74) is 8.58. The quantitative estimate of drug-likeness (QED) is 0.770. The topological polar surface area (TPSA) is 97.4 Å². The Kier molecular flexibility index (Phi) is 5.32. The van der Waals surface area contributed by atoms with Crippen molar-refractivity contribution >= 4 is 28.5 Å². The average molecular weight is 370 g/mol. The van der Waals surface area contributed by atoms with Crippen molar-refractivity contribution in [2.75, 3.05) is 13.6 Å². The first-order chi connectivity index (χ1) is 12.9. The van der Waals surface area contributed by atoms with Crippen molar-refractivity contribution in [3.63, 3.8) is 0 Å². The van der Waals surface area contributed by atoms with Crippen molar-refractivity contribution in [1.82, 2.24) is 14.8 Å². The molecule has 1 aromatic heterocycles. The van der Waals surface area contributed by atoms with Crippen LogP contribution in [0.3, 0.4) is 0 Å². The summed E-state index contributed by atoms with van der Waals surface area (Å²) in [4.78, 5) is 38.7. The predicted octanol–water partition coefficient (Wildman–Crippen LogP) is 1.08. The third kappa shape index (κ3) is 3.47. The average Bonchev–Trinajstić information content (AvgIpc) is 3.22. The molecule has 7 nitrogen and oxygen atoms in total. The third-order valence-corrected chi connectivity index (χ3v) is 5.25. The number of aryl methyl sites for hydroxylation is 1. The second-order valence-corrected chi connectivity index (χ2v) is 7.07. The van der Waals surface area contributed by atoms with E-state index in [0.29, 0.717) is 18.5 Å². The van der Waals surface area contributed by atoms with Crippen LogP contribution in [0.25, 0.3) is 10.9 Å². The second-order valence-electron chi connectivity index (χ2n) is 7.07. The highest BCUT2D eigenvalue weighted by Crippen LogP contribution is 2.27. The first kappa shape index (κ1) is 19.1. The molecule has 1 fully saturated rings. The van der Waals surface area contributed by atoms with Crippen LogP contribution in [0.5, 0.6) is 0 Å². The van der Waals surface area contributed by atoms with Crippen molar-refractivity contribution < 1.29 is 14.4 Å². The summed E-state index contributed by atoms with van der Waals surface area (Å²) in [7, 11) is 1.56. The van der Waals surface area contributed by atoms with Crippen LogP contribution >= 0.6 is 0 Å². The van der Waals surface area contributed by atoms with Crippen LogP contribution in [-0.4, -0.2) is 52.7 Å². The van der Waals surface area contributed by atoms with Crippen molar-refractivity contribution in [3.05, 3.63) is 35.5 Å². The summed E-state index contributed by atoms with van der Waals surface area (Å²) in [6, 6.07) is 5.09. The highest BCUT2D eigenvalue weighted by Gasteiger charge is 2.37. The zero-order valence-electron chi connectivity index (χ0n) is 16.0. The highest BCUT2D eigenvalue weighted by atomic mass is 16.2. The minimum atomic E-state index is -0.544. The van der Waals surface area contributed by atoms with E-state index in [1.165, 1.54) is 6.92 Å². The Bertz CT molecular complexity index is 902. The van der Waals surface area contributed by atoms with Gasteiger partial charge in [0.25, 0.3) is 0 Å². The predicted molar refractivity (Wildman–Crippen MR) is 103 cm³/mol. The number of amides is 2. The van der Waals surface area contributed by atoms with Crippen LogP contribution in [0.15, 0.2) is 24.4 Å².